The molecule has 114 valence electrons. The fraction of sp³-hybridized carbons (Fsp3) is 0.375. The molecule has 0 saturated heterocycles. The second-order valence-electron chi connectivity index (χ2n) is 4.59. The monoisotopic (exact) mass is 307 g/mol. The van der Waals surface area contributed by atoms with Crippen LogP contribution in [0.2, 0.25) is 0 Å². The minimum Gasteiger partial charge on any atom is -0.496 e. The minimum absolute atomic E-state index is 0.341. The van der Waals surface area contributed by atoms with Crippen molar-refractivity contribution in [3.05, 3.63) is 40.6 Å². The molecule has 1 atom stereocenters. The highest BCUT2D eigenvalue weighted by atomic mass is 32.1. The summed E-state index contributed by atoms with van der Waals surface area (Å²) in [6.45, 7) is 3.52. The topological polar surface area (TPSA) is 39.7 Å². The number of nitrogens with one attached hydrogen (secondary N) is 1. The molecule has 0 aliphatic heterocycles. The van der Waals surface area contributed by atoms with E-state index in [0.717, 1.165) is 23.8 Å². The first-order chi connectivity index (χ1) is 10.2. The lowest BCUT2D eigenvalue weighted by atomic mass is 10.3. The van der Waals surface area contributed by atoms with E-state index in [2.05, 4.69) is 29.8 Å². The van der Waals surface area contributed by atoms with Crippen LogP contribution in [0.5, 0.6) is 17.2 Å². The molecule has 2 rings (SSSR count). The Morgan fingerprint density at radius 2 is 1.76 bits per heavy atom. The van der Waals surface area contributed by atoms with Gasteiger partial charge in [-0.25, -0.2) is 0 Å². The number of thiophene rings is 1. The van der Waals surface area contributed by atoms with Crippen LogP contribution in [0.4, 0.5) is 0 Å². The summed E-state index contributed by atoms with van der Waals surface area (Å²) in [5, 5.41) is 5.53. The quantitative estimate of drug-likeness (QED) is 0.758. The van der Waals surface area contributed by atoms with Crippen LogP contribution in [0.15, 0.2) is 35.7 Å². The van der Waals surface area contributed by atoms with Gasteiger partial charge in [0.25, 0.3) is 0 Å². The van der Waals surface area contributed by atoms with Crippen molar-refractivity contribution in [2.24, 2.45) is 0 Å². The van der Waals surface area contributed by atoms with Gasteiger partial charge in [0.15, 0.2) is 0 Å². The number of rotatable bonds is 8. The van der Waals surface area contributed by atoms with Gasteiger partial charge >= 0.3 is 0 Å². The van der Waals surface area contributed by atoms with Gasteiger partial charge in [0.2, 0.25) is 0 Å². The number of hydrogen-bond acceptors (Lipinski definition) is 5. The predicted octanol–water partition coefficient (Wildman–Crippen LogP) is 3.49. The zero-order valence-electron chi connectivity index (χ0n) is 12.6. The number of benzene rings is 1. The summed E-state index contributed by atoms with van der Waals surface area (Å²) in [5.41, 5.74) is 0. The molecule has 0 fully saturated rings. The molecule has 1 N–H and O–H groups in total. The van der Waals surface area contributed by atoms with Gasteiger partial charge in [-0.2, -0.15) is 0 Å². The highest BCUT2D eigenvalue weighted by molar-refractivity contribution is 7.10. The van der Waals surface area contributed by atoms with Crippen molar-refractivity contribution in [3.63, 3.8) is 0 Å². The summed E-state index contributed by atoms with van der Waals surface area (Å²) in [6, 6.07) is 10.1. The smallest absolute Gasteiger partial charge is 0.126 e. The van der Waals surface area contributed by atoms with E-state index >= 15 is 0 Å². The van der Waals surface area contributed by atoms with Crippen LogP contribution >= 0.6 is 11.3 Å². The maximum atomic E-state index is 5.74. The lowest BCUT2D eigenvalue weighted by molar-refractivity contribution is 0.302. The Kier molecular flexibility index (Phi) is 5.90. The van der Waals surface area contributed by atoms with E-state index in [1.165, 1.54) is 4.88 Å². The Labute approximate surface area is 129 Å². The van der Waals surface area contributed by atoms with Crippen LogP contribution in [0.3, 0.4) is 0 Å². The largest absolute Gasteiger partial charge is 0.496 e. The fourth-order valence-electron chi connectivity index (χ4n) is 1.95. The van der Waals surface area contributed by atoms with Crippen LogP contribution in [-0.2, 0) is 0 Å². The van der Waals surface area contributed by atoms with Gasteiger partial charge in [-0.05, 0) is 18.4 Å². The van der Waals surface area contributed by atoms with Crippen molar-refractivity contribution in [3.8, 4) is 17.2 Å². The minimum atomic E-state index is 0.341. The van der Waals surface area contributed by atoms with Crippen LogP contribution in [-0.4, -0.2) is 27.4 Å². The normalized spacial score (nSPS) is 12.0. The molecular formula is C16H21NO3S. The van der Waals surface area contributed by atoms with Gasteiger partial charge in [0, 0.05) is 35.7 Å². The van der Waals surface area contributed by atoms with Gasteiger partial charge in [-0.15, -0.1) is 11.3 Å². The molecule has 0 saturated carbocycles. The third kappa shape index (κ3) is 4.65. The SMILES string of the molecule is COc1cc(OC)cc(OCCNC(C)c2cccs2)c1. The number of methoxy groups -OCH3 is 2. The lowest BCUT2D eigenvalue weighted by Crippen LogP contribution is -2.23. The first-order valence-corrected chi connectivity index (χ1v) is 7.73. The number of ether oxygens (including phenoxy) is 3. The second-order valence-corrected chi connectivity index (χ2v) is 5.57. The van der Waals surface area contributed by atoms with Gasteiger partial charge in [-0.3, -0.25) is 0 Å². The van der Waals surface area contributed by atoms with Gasteiger partial charge < -0.3 is 19.5 Å². The van der Waals surface area contributed by atoms with E-state index in [1.54, 1.807) is 25.6 Å². The summed E-state index contributed by atoms with van der Waals surface area (Å²) < 4.78 is 16.2. The molecule has 0 amide bonds. The van der Waals surface area contributed by atoms with Crippen molar-refractivity contribution in [2.45, 2.75) is 13.0 Å². The fourth-order valence-corrected chi connectivity index (χ4v) is 2.71. The Balaban J connectivity index is 1.80. The molecule has 4 nitrogen and oxygen atoms in total. The molecule has 0 aliphatic rings. The third-order valence-corrected chi connectivity index (χ3v) is 4.17. The van der Waals surface area contributed by atoms with Crippen LogP contribution < -0.4 is 19.5 Å². The predicted molar refractivity (Wildman–Crippen MR) is 85.8 cm³/mol. The van der Waals surface area contributed by atoms with Crippen molar-refractivity contribution < 1.29 is 14.2 Å². The highest BCUT2D eigenvalue weighted by Gasteiger charge is 2.06. The van der Waals surface area contributed by atoms with E-state index < -0.39 is 0 Å². The Morgan fingerprint density at radius 3 is 2.33 bits per heavy atom. The number of hydrogen-bond donors (Lipinski definition) is 1. The molecule has 1 aromatic heterocycles. The molecule has 1 heterocycles. The van der Waals surface area contributed by atoms with E-state index in [1.807, 2.05) is 18.2 Å². The summed E-state index contributed by atoms with van der Waals surface area (Å²) in [7, 11) is 3.26. The molecule has 2 aromatic rings. The van der Waals surface area contributed by atoms with E-state index in [9.17, 15) is 0 Å². The third-order valence-electron chi connectivity index (χ3n) is 3.12. The average Bonchev–Trinajstić information content (AvgIpc) is 3.05. The zero-order chi connectivity index (χ0) is 15.1. The van der Waals surface area contributed by atoms with Crippen LogP contribution in [0, 0.1) is 0 Å². The maximum absolute atomic E-state index is 5.74. The van der Waals surface area contributed by atoms with Gasteiger partial charge in [-0.1, -0.05) is 6.07 Å². The standard InChI is InChI=1S/C16H21NO3S/c1-12(16-5-4-8-21-16)17-6-7-20-15-10-13(18-2)9-14(11-15)19-3/h4-5,8-12,17H,6-7H2,1-3H3. The Morgan fingerprint density at radius 1 is 1.10 bits per heavy atom. The first kappa shape index (κ1) is 15.7. The summed E-state index contributed by atoms with van der Waals surface area (Å²) in [5.74, 6) is 2.20. The van der Waals surface area contributed by atoms with E-state index in [0.29, 0.717) is 12.6 Å². The van der Waals surface area contributed by atoms with Crippen molar-refractivity contribution in [1.82, 2.24) is 5.32 Å². The lowest BCUT2D eigenvalue weighted by Gasteiger charge is -2.13. The Bertz CT molecular complexity index is 520. The second kappa shape index (κ2) is 7.90. The Hall–Kier alpha value is -1.72. The van der Waals surface area contributed by atoms with Crippen molar-refractivity contribution in [1.29, 1.82) is 0 Å². The first-order valence-electron chi connectivity index (χ1n) is 6.85. The molecule has 21 heavy (non-hydrogen) atoms. The zero-order valence-corrected chi connectivity index (χ0v) is 13.4. The molecule has 1 unspecified atom stereocenters. The highest BCUT2D eigenvalue weighted by Crippen LogP contribution is 2.27. The average molecular weight is 307 g/mol. The van der Waals surface area contributed by atoms with Crippen molar-refractivity contribution in [2.75, 3.05) is 27.4 Å². The molecule has 0 spiro atoms. The van der Waals surface area contributed by atoms with Gasteiger partial charge in [0.1, 0.15) is 23.9 Å². The molecule has 1 aromatic carbocycles. The van der Waals surface area contributed by atoms with Crippen LogP contribution in [0.1, 0.15) is 17.8 Å². The summed E-state index contributed by atoms with van der Waals surface area (Å²) in [6.07, 6.45) is 0. The maximum Gasteiger partial charge on any atom is 0.126 e. The molecule has 0 radical (unpaired) electrons. The molecule has 0 aliphatic carbocycles. The molecular weight excluding hydrogens is 286 g/mol. The van der Waals surface area contributed by atoms with Crippen LogP contribution in [0.25, 0.3) is 0 Å². The van der Waals surface area contributed by atoms with E-state index in [4.69, 9.17) is 14.2 Å². The van der Waals surface area contributed by atoms with Crippen molar-refractivity contribution >= 4 is 11.3 Å². The van der Waals surface area contributed by atoms with E-state index in [-0.39, 0.29) is 0 Å². The van der Waals surface area contributed by atoms with Gasteiger partial charge in [0.05, 0.1) is 14.2 Å². The molecule has 5 heteroatoms. The summed E-state index contributed by atoms with van der Waals surface area (Å²) >= 11 is 1.76. The summed E-state index contributed by atoms with van der Waals surface area (Å²) in [4.78, 5) is 1.33. The molecule has 0 bridgehead atoms.